The molecule has 1 N–H and O–H groups in total. The van der Waals surface area contributed by atoms with E-state index in [-0.39, 0.29) is 11.8 Å². The fourth-order valence-electron chi connectivity index (χ4n) is 3.42. The number of rotatable bonds is 11. The predicted octanol–water partition coefficient (Wildman–Crippen LogP) is 4.28. The number of amides is 2. The Morgan fingerprint density at radius 3 is 2.39 bits per heavy atom. The van der Waals surface area contributed by atoms with E-state index >= 15 is 0 Å². The summed E-state index contributed by atoms with van der Waals surface area (Å²) in [5.41, 5.74) is 0.974. The summed E-state index contributed by atoms with van der Waals surface area (Å²) in [6.45, 7) is 6.14. The van der Waals surface area contributed by atoms with Crippen molar-refractivity contribution in [1.82, 2.24) is 10.2 Å². The van der Waals surface area contributed by atoms with Crippen molar-refractivity contribution in [2.45, 2.75) is 52.5 Å². The van der Waals surface area contributed by atoms with Crippen LogP contribution >= 0.6 is 0 Å². The summed E-state index contributed by atoms with van der Waals surface area (Å²) in [7, 11) is 1.64. The second-order valence-electron chi connectivity index (χ2n) is 6.98. The predicted molar refractivity (Wildman–Crippen MR) is 113 cm³/mol. The van der Waals surface area contributed by atoms with E-state index in [1.165, 1.54) is 0 Å². The number of methoxy groups -OCH3 is 1. The highest BCUT2D eigenvalue weighted by molar-refractivity contribution is 5.88. The number of hydrogen-bond donors (Lipinski definition) is 1. The standard InChI is InChI=1S/C23H32N2O3/c1-4-15-25(16-5-2)23(27)12-8-11-22(26)24-17-20-19-10-7-6-9-18(19)13-14-21(20)28-3/h6-7,9-10,13-14H,4-5,8,11-12,15-17H2,1-3H3,(H,24,26). The first kappa shape index (κ1) is 21.7. The van der Waals surface area contributed by atoms with Crippen LogP contribution in [0.4, 0.5) is 0 Å². The summed E-state index contributed by atoms with van der Waals surface area (Å²) in [4.78, 5) is 26.5. The van der Waals surface area contributed by atoms with Gasteiger partial charge in [-0.25, -0.2) is 0 Å². The molecule has 2 rings (SSSR count). The maximum absolute atomic E-state index is 12.3. The van der Waals surface area contributed by atoms with Gasteiger partial charge in [0.1, 0.15) is 5.75 Å². The average Bonchev–Trinajstić information content (AvgIpc) is 2.71. The van der Waals surface area contributed by atoms with Crippen molar-refractivity contribution in [2.24, 2.45) is 0 Å². The molecular formula is C23H32N2O3. The van der Waals surface area contributed by atoms with Gasteiger partial charge in [0.2, 0.25) is 11.8 Å². The zero-order chi connectivity index (χ0) is 20.4. The van der Waals surface area contributed by atoms with Gasteiger partial charge in [0.05, 0.1) is 7.11 Å². The fourth-order valence-corrected chi connectivity index (χ4v) is 3.42. The molecule has 28 heavy (non-hydrogen) atoms. The molecular weight excluding hydrogens is 352 g/mol. The summed E-state index contributed by atoms with van der Waals surface area (Å²) in [6, 6.07) is 12.0. The molecule has 2 amide bonds. The Labute approximate surface area is 168 Å². The van der Waals surface area contributed by atoms with Gasteiger partial charge in [-0.3, -0.25) is 9.59 Å². The fraction of sp³-hybridized carbons (Fsp3) is 0.478. The largest absolute Gasteiger partial charge is 0.496 e. The van der Waals surface area contributed by atoms with Crippen molar-refractivity contribution in [2.75, 3.05) is 20.2 Å². The van der Waals surface area contributed by atoms with Crippen molar-refractivity contribution >= 4 is 22.6 Å². The first-order valence-electron chi connectivity index (χ1n) is 10.2. The van der Waals surface area contributed by atoms with Crippen molar-refractivity contribution in [3.05, 3.63) is 42.0 Å². The lowest BCUT2D eigenvalue weighted by molar-refractivity contribution is -0.131. The summed E-state index contributed by atoms with van der Waals surface area (Å²) in [5, 5.41) is 5.17. The summed E-state index contributed by atoms with van der Waals surface area (Å²) >= 11 is 0. The SMILES string of the molecule is CCCN(CCC)C(=O)CCCC(=O)NCc1c(OC)ccc2ccccc12. The van der Waals surface area contributed by atoms with Gasteiger partial charge in [-0.05, 0) is 36.1 Å². The van der Waals surface area contributed by atoms with Crippen LogP contribution in [-0.2, 0) is 16.1 Å². The van der Waals surface area contributed by atoms with E-state index in [0.717, 1.165) is 48.0 Å². The van der Waals surface area contributed by atoms with E-state index in [1.54, 1.807) is 7.11 Å². The van der Waals surface area contributed by atoms with E-state index in [9.17, 15) is 9.59 Å². The lowest BCUT2D eigenvalue weighted by atomic mass is 10.0. The Morgan fingerprint density at radius 2 is 1.71 bits per heavy atom. The van der Waals surface area contributed by atoms with Gasteiger partial charge in [0.15, 0.2) is 0 Å². The Balaban J connectivity index is 1.88. The van der Waals surface area contributed by atoms with Gasteiger partial charge in [-0.2, -0.15) is 0 Å². The number of benzene rings is 2. The average molecular weight is 385 g/mol. The zero-order valence-electron chi connectivity index (χ0n) is 17.3. The van der Waals surface area contributed by atoms with E-state index in [0.29, 0.717) is 25.8 Å². The minimum atomic E-state index is -0.0414. The molecule has 0 aliphatic carbocycles. The van der Waals surface area contributed by atoms with Crippen molar-refractivity contribution < 1.29 is 14.3 Å². The van der Waals surface area contributed by atoms with Crippen molar-refractivity contribution in [1.29, 1.82) is 0 Å². The van der Waals surface area contributed by atoms with E-state index in [1.807, 2.05) is 41.3 Å². The zero-order valence-corrected chi connectivity index (χ0v) is 17.3. The number of carbonyl (C=O) groups is 2. The molecule has 5 nitrogen and oxygen atoms in total. The Kier molecular flexibility index (Phi) is 8.79. The minimum absolute atomic E-state index is 0.0414. The highest BCUT2D eigenvalue weighted by Crippen LogP contribution is 2.27. The third-order valence-corrected chi connectivity index (χ3v) is 4.81. The summed E-state index contributed by atoms with van der Waals surface area (Å²) in [5.74, 6) is 0.872. The molecule has 0 aliphatic rings. The molecule has 2 aromatic carbocycles. The highest BCUT2D eigenvalue weighted by atomic mass is 16.5. The number of nitrogens with zero attached hydrogens (tertiary/aromatic N) is 1. The molecule has 0 radical (unpaired) electrons. The van der Waals surface area contributed by atoms with Crippen LogP contribution in [0.3, 0.4) is 0 Å². The lowest BCUT2D eigenvalue weighted by Gasteiger charge is -2.21. The van der Waals surface area contributed by atoms with Gasteiger partial charge >= 0.3 is 0 Å². The van der Waals surface area contributed by atoms with Crippen LogP contribution in [-0.4, -0.2) is 36.9 Å². The molecule has 2 aromatic rings. The third kappa shape index (κ3) is 5.98. The molecule has 0 aliphatic heterocycles. The highest BCUT2D eigenvalue weighted by Gasteiger charge is 2.13. The van der Waals surface area contributed by atoms with Crippen LogP contribution in [0.1, 0.15) is 51.5 Å². The van der Waals surface area contributed by atoms with Crippen LogP contribution in [0.25, 0.3) is 10.8 Å². The number of fused-ring (bicyclic) bond motifs is 1. The minimum Gasteiger partial charge on any atom is -0.496 e. The van der Waals surface area contributed by atoms with Gasteiger partial charge in [0.25, 0.3) is 0 Å². The normalized spacial score (nSPS) is 10.7. The van der Waals surface area contributed by atoms with Gasteiger partial charge in [0, 0.05) is 38.0 Å². The van der Waals surface area contributed by atoms with Crippen molar-refractivity contribution in [3.63, 3.8) is 0 Å². The maximum Gasteiger partial charge on any atom is 0.222 e. The molecule has 5 heteroatoms. The lowest BCUT2D eigenvalue weighted by Crippen LogP contribution is -2.32. The summed E-state index contributed by atoms with van der Waals surface area (Å²) in [6.07, 6.45) is 3.26. The Morgan fingerprint density at radius 1 is 1.00 bits per heavy atom. The Hall–Kier alpha value is -2.56. The molecule has 0 bridgehead atoms. The first-order valence-corrected chi connectivity index (χ1v) is 10.2. The number of hydrogen-bond acceptors (Lipinski definition) is 3. The monoisotopic (exact) mass is 384 g/mol. The molecule has 0 atom stereocenters. The molecule has 0 saturated carbocycles. The van der Waals surface area contributed by atoms with Crippen LogP contribution < -0.4 is 10.1 Å². The van der Waals surface area contributed by atoms with Crippen LogP contribution in [0.5, 0.6) is 5.75 Å². The second kappa shape index (κ2) is 11.3. The van der Waals surface area contributed by atoms with Gasteiger partial charge in [-0.1, -0.05) is 44.2 Å². The molecule has 152 valence electrons. The number of ether oxygens (including phenoxy) is 1. The van der Waals surface area contributed by atoms with Gasteiger partial charge in [-0.15, -0.1) is 0 Å². The molecule has 0 fully saturated rings. The number of carbonyl (C=O) groups excluding carboxylic acids is 2. The van der Waals surface area contributed by atoms with Crippen molar-refractivity contribution in [3.8, 4) is 5.75 Å². The third-order valence-electron chi connectivity index (χ3n) is 4.81. The van der Waals surface area contributed by atoms with Gasteiger partial charge < -0.3 is 15.0 Å². The van der Waals surface area contributed by atoms with Crippen LogP contribution in [0, 0.1) is 0 Å². The molecule has 0 heterocycles. The second-order valence-corrected chi connectivity index (χ2v) is 6.98. The van der Waals surface area contributed by atoms with E-state index < -0.39 is 0 Å². The van der Waals surface area contributed by atoms with Crippen LogP contribution in [0.15, 0.2) is 36.4 Å². The van der Waals surface area contributed by atoms with E-state index in [2.05, 4.69) is 19.2 Å². The Bertz CT molecular complexity index is 783. The smallest absolute Gasteiger partial charge is 0.222 e. The maximum atomic E-state index is 12.3. The topological polar surface area (TPSA) is 58.6 Å². The van der Waals surface area contributed by atoms with Crippen LogP contribution in [0.2, 0.25) is 0 Å². The molecule has 0 unspecified atom stereocenters. The quantitative estimate of drug-likeness (QED) is 0.629. The van der Waals surface area contributed by atoms with E-state index in [4.69, 9.17) is 4.74 Å². The molecule has 0 spiro atoms. The molecule has 0 saturated heterocycles. The first-order chi connectivity index (χ1) is 13.6. The summed E-state index contributed by atoms with van der Waals surface area (Å²) < 4.78 is 5.47. The molecule has 0 aromatic heterocycles. The number of nitrogens with one attached hydrogen (secondary N) is 1.